The fourth-order valence-electron chi connectivity index (χ4n) is 1.62. The Morgan fingerprint density at radius 1 is 1.36 bits per heavy atom. The lowest BCUT2D eigenvalue weighted by molar-refractivity contribution is 0.0166. The maximum absolute atomic E-state index is 9.46. The van der Waals surface area contributed by atoms with E-state index in [1.165, 1.54) is 12.8 Å². The molecule has 1 rings (SSSR count). The maximum Gasteiger partial charge on any atom is 0.0613 e. The summed E-state index contributed by atoms with van der Waals surface area (Å²) in [6.07, 6.45) is 3.17. The van der Waals surface area contributed by atoms with Gasteiger partial charge in [0.25, 0.3) is 0 Å². The Hall–Kier alpha value is -0.120. The summed E-state index contributed by atoms with van der Waals surface area (Å²) in [5.74, 6) is 0.720. The van der Waals surface area contributed by atoms with Gasteiger partial charge >= 0.3 is 0 Å². The average molecular weight is 201 g/mol. The van der Waals surface area contributed by atoms with Crippen LogP contribution in [0.2, 0.25) is 0 Å². The highest BCUT2D eigenvalue weighted by atomic mass is 16.5. The first kappa shape index (κ1) is 12.0. The van der Waals surface area contributed by atoms with Gasteiger partial charge in [-0.15, -0.1) is 0 Å². The Bertz CT molecular complexity index is 148. The van der Waals surface area contributed by atoms with Crippen LogP contribution in [-0.4, -0.2) is 37.0 Å². The van der Waals surface area contributed by atoms with Gasteiger partial charge in [-0.25, -0.2) is 0 Å². The summed E-state index contributed by atoms with van der Waals surface area (Å²) in [4.78, 5) is 0. The number of hydrogen-bond donors (Lipinski definition) is 2. The van der Waals surface area contributed by atoms with E-state index >= 15 is 0 Å². The van der Waals surface area contributed by atoms with Crippen LogP contribution in [0.5, 0.6) is 0 Å². The van der Waals surface area contributed by atoms with Gasteiger partial charge < -0.3 is 15.2 Å². The minimum Gasteiger partial charge on any atom is -0.390 e. The summed E-state index contributed by atoms with van der Waals surface area (Å²) in [6, 6.07) is 0. The average Bonchev–Trinajstić information content (AvgIpc) is 2.13. The SMILES string of the molecule is CC(C)(O)CCOCC1CCNCC1. The molecule has 0 saturated carbocycles. The quantitative estimate of drug-likeness (QED) is 0.656. The first-order valence-electron chi connectivity index (χ1n) is 5.59. The third-order valence-electron chi connectivity index (χ3n) is 2.67. The van der Waals surface area contributed by atoms with E-state index < -0.39 is 5.60 Å². The molecule has 3 nitrogen and oxygen atoms in total. The zero-order valence-corrected chi connectivity index (χ0v) is 9.38. The van der Waals surface area contributed by atoms with Crippen molar-refractivity contribution in [1.82, 2.24) is 5.32 Å². The monoisotopic (exact) mass is 201 g/mol. The number of hydrogen-bond acceptors (Lipinski definition) is 3. The molecule has 0 amide bonds. The van der Waals surface area contributed by atoms with Gasteiger partial charge in [-0.05, 0) is 52.1 Å². The highest BCUT2D eigenvalue weighted by Gasteiger charge is 2.15. The molecule has 1 aliphatic rings. The van der Waals surface area contributed by atoms with Crippen molar-refractivity contribution in [3.63, 3.8) is 0 Å². The second-order valence-corrected chi connectivity index (χ2v) is 4.83. The summed E-state index contributed by atoms with van der Waals surface area (Å²) in [5, 5.41) is 12.8. The van der Waals surface area contributed by atoms with E-state index in [4.69, 9.17) is 4.74 Å². The molecule has 0 bridgehead atoms. The van der Waals surface area contributed by atoms with Crippen LogP contribution in [0.15, 0.2) is 0 Å². The predicted molar refractivity (Wildman–Crippen MR) is 57.3 cm³/mol. The minimum atomic E-state index is -0.589. The van der Waals surface area contributed by atoms with E-state index in [9.17, 15) is 5.11 Å². The van der Waals surface area contributed by atoms with Crippen molar-refractivity contribution in [2.45, 2.75) is 38.7 Å². The van der Waals surface area contributed by atoms with Crippen LogP contribution in [0, 0.1) is 5.92 Å². The molecule has 0 radical (unpaired) electrons. The molecule has 1 fully saturated rings. The summed E-state index contributed by atoms with van der Waals surface area (Å²) >= 11 is 0. The second-order valence-electron chi connectivity index (χ2n) is 4.83. The first-order valence-corrected chi connectivity index (χ1v) is 5.59. The number of ether oxygens (including phenoxy) is 1. The van der Waals surface area contributed by atoms with Gasteiger partial charge in [-0.1, -0.05) is 0 Å². The summed E-state index contributed by atoms with van der Waals surface area (Å²) in [6.45, 7) is 7.42. The lowest BCUT2D eigenvalue weighted by atomic mass is 9.99. The molecule has 0 unspecified atom stereocenters. The molecular weight excluding hydrogens is 178 g/mol. The zero-order chi connectivity index (χ0) is 10.4. The van der Waals surface area contributed by atoms with Crippen molar-refractivity contribution in [3.8, 4) is 0 Å². The summed E-state index contributed by atoms with van der Waals surface area (Å²) < 4.78 is 5.56. The van der Waals surface area contributed by atoms with Crippen molar-refractivity contribution in [3.05, 3.63) is 0 Å². The molecule has 1 aliphatic heterocycles. The molecule has 14 heavy (non-hydrogen) atoms. The van der Waals surface area contributed by atoms with Crippen LogP contribution in [0.1, 0.15) is 33.1 Å². The second kappa shape index (κ2) is 5.69. The molecule has 84 valence electrons. The highest BCUT2D eigenvalue weighted by molar-refractivity contribution is 4.68. The van der Waals surface area contributed by atoms with Gasteiger partial charge in [-0.2, -0.15) is 0 Å². The molecular formula is C11H23NO2. The van der Waals surface area contributed by atoms with E-state index in [0.29, 0.717) is 6.61 Å². The lowest BCUT2D eigenvalue weighted by Crippen LogP contribution is -2.30. The van der Waals surface area contributed by atoms with Crippen LogP contribution < -0.4 is 5.32 Å². The number of rotatable bonds is 5. The highest BCUT2D eigenvalue weighted by Crippen LogP contribution is 2.13. The summed E-state index contributed by atoms with van der Waals surface area (Å²) in [5.41, 5.74) is -0.589. The number of piperidine rings is 1. The molecule has 1 heterocycles. The van der Waals surface area contributed by atoms with E-state index in [1.807, 2.05) is 13.8 Å². The van der Waals surface area contributed by atoms with E-state index in [-0.39, 0.29) is 0 Å². The Morgan fingerprint density at radius 2 is 2.00 bits per heavy atom. The van der Waals surface area contributed by atoms with Gasteiger partial charge in [0.2, 0.25) is 0 Å². The smallest absolute Gasteiger partial charge is 0.0613 e. The van der Waals surface area contributed by atoms with E-state index in [0.717, 1.165) is 32.0 Å². The molecule has 1 saturated heterocycles. The van der Waals surface area contributed by atoms with Crippen LogP contribution >= 0.6 is 0 Å². The molecule has 0 spiro atoms. The van der Waals surface area contributed by atoms with Gasteiger partial charge in [0.05, 0.1) is 5.60 Å². The van der Waals surface area contributed by atoms with Crippen molar-refractivity contribution in [2.75, 3.05) is 26.3 Å². The van der Waals surface area contributed by atoms with Crippen LogP contribution in [0.25, 0.3) is 0 Å². The van der Waals surface area contributed by atoms with Crippen molar-refractivity contribution in [1.29, 1.82) is 0 Å². The maximum atomic E-state index is 9.46. The Kier molecular flexibility index (Phi) is 4.85. The third kappa shape index (κ3) is 5.58. The van der Waals surface area contributed by atoms with Crippen molar-refractivity contribution >= 4 is 0 Å². The number of nitrogens with one attached hydrogen (secondary N) is 1. The minimum absolute atomic E-state index is 0.589. The van der Waals surface area contributed by atoms with Gasteiger partial charge in [-0.3, -0.25) is 0 Å². The summed E-state index contributed by atoms with van der Waals surface area (Å²) in [7, 11) is 0. The fraction of sp³-hybridized carbons (Fsp3) is 1.00. The van der Waals surface area contributed by atoms with Gasteiger partial charge in [0, 0.05) is 13.2 Å². The van der Waals surface area contributed by atoms with E-state index in [1.54, 1.807) is 0 Å². The lowest BCUT2D eigenvalue weighted by Gasteiger charge is -2.23. The Balaban J connectivity index is 1.97. The van der Waals surface area contributed by atoms with Crippen LogP contribution in [0.4, 0.5) is 0 Å². The fourth-order valence-corrected chi connectivity index (χ4v) is 1.62. The Morgan fingerprint density at radius 3 is 2.57 bits per heavy atom. The number of aliphatic hydroxyl groups is 1. The third-order valence-corrected chi connectivity index (χ3v) is 2.67. The molecule has 3 heteroatoms. The largest absolute Gasteiger partial charge is 0.390 e. The van der Waals surface area contributed by atoms with Gasteiger partial charge in [0.1, 0.15) is 0 Å². The standard InChI is InChI=1S/C11H23NO2/c1-11(2,13)5-8-14-9-10-3-6-12-7-4-10/h10,12-13H,3-9H2,1-2H3. The van der Waals surface area contributed by atoms with Gasteiger partial charge in [0.15, 0.2) is 0 Å². The first-order chi connectivity index (χ1) is 6.58. The van der Waals surface area contributed by atoms with E-state index in [2.05, 4.69) is 5.32 Å². The van der Waals surface area contributed by atoms with Crippen LogP contribution in [-0.2, 0) is 4.74 Å². The molecule has 0 atom stereocenters. The van der Waals surface area contributed by atoms with Crippen molar-refractivity contribution in [2.24, 2.45) is 5.92 Å². The molecule has 0 aromatic carbocycles. The topological polar surface area (TPSA) is 41.5 Å². The molecule has 0 aliphatic carbocycles. The molecule has 0 aromatic heterocycles. The normalized spacial score (nSPS) is 19.9. The van der Waals surface area contributed by atoms with Crippen LogP contribution in [0.3, 0.4) is 0 Å². The predicted octanol–water partition coefficient (Wildman–Crippen LogP) is 1.16. The Labute approximate surface area is 86.8 Å². The van der Waals surface area contributed by atoms with Crippen molar-refractivity contribution < 1.29 is 9.84 Å². The molecule has 2 N–H and O–H groups in total. The zero-order valence-electron chi connectivity index (χ0n) is 9.38. The molecule has 0 aromatic rings.